The first-order chi connectivity index (χ1) is 19.1. The molecule has 1 saturated carbocycles. The number of aliphatic imine (C=N–C) groups is 1. The van der Waals surface area contributed by atoms with Gasteiger partial charge in [-0.1, -0.05) is 0 Å². The van der Waals surface area contributed by atoms with Crippen LogP contribution in [0.5, 0.6) is 0 Å². The molecule has 1 aromatic rings. The zero-order chi connectivity index (χ0) is 30.2. The van der Waals surface area contributed by atoms with Crippen LogP contribution in [0, 0.1) is 25.7 Å². The van der Waals surface area contributed by atoms with Crippen LogP contribution in [0.1, 0.15) is 75.0 Å². The van der Waals surface area contributed by atoms with Crippen molar-refractivity contribution in [3.8, 4) is 0 Å². The van der Waals surface area contributed by atoms with E-state index in [1.807, 2.05) is 26.0 Å². The Labute approximate surface area is 240 Å². The predicted octanol–water partition coefficient (Wildman–Crippen LogP) is 4.67. The molecule has 3 aliphatic rings. The highest BCUT2D eigenvalue weighted by Crippen LogP contribution is 2.38. The molecule has 2 amide bonds. The first-order valence-electron chi connectivity index (χ1n) is 14.4. The summed E-state index contributed by atoms with van der Waals surface area (Å²) in [7, 11) is -1.86. The van der Waals surface area contributed by atoms with Crippen molar-refractivity contribution < 1.29 is 31.2 Å². The van der Waals surface area contributed by atoms with E-state index < -0.39 is 28.2 Å². The molecule has 2 fully saturated rings. The van der Waals surface area contributed by atoms with E-state index >= 15 is 0 Å². The van der Waals surface area contributed by atoms with Gasteiger partial charge in [0.05, 0.1) is 5.75 Å². The van der Waals surface area contributed by atoms with Crippen LogP contribution in [-0.4, -0.2) is 68.0 Å². The van der Waals surface area contributed by atoms with Gasteiger partial charge in [-0.15, -0.1) is 0 Å². The molecule has 1 saturated heterocycles. The molecular formula is C29H41F3N4O4S. The maximum Gasteiger partial charge on any atom is 0.389 e. The highest BCUT2D eigenvalue weighted by molar-refractivity contribution is 7.89. The molecule has 1 spiro atoms. The Bertz CT molecular complexity index is 1270. The lowest BCUT2D eigenvalue weighted by atomic mass is 9.79. The molecule has 1 aliphatic carbocycles. The van der Waals surface area contributed by atoms with E-state index in [1.54, 1.807) is 11.9 Å². The number of carbonyl (C=O) groups excluding carboxylic acids is 2. The number of sulfonamides is 1. The maximum absolute atomic E-state index is 13.3. The van der Waals surface area contributed by atoms with Crippen molar-refractivity contribution in [3.63, 3.8) is 0 Å². The zero-order valence-electron chi connectivity index (χ0n) is 24.3. The monoisotopic (exact) mass is 598 g/mol. The second kappa shape index (κ2) is 12.0. The third-order valence-electron chi connectivity index (χ3n) is 9.16. The Kier molecular flexibility index (Phi) is 9.23. The number of nitrogens with one attached hydrogen (secondary N) is 1. The van der Waals surface area contributed by atoms with E-state index in [4.69, 9.17) is 4.99 Å². The SMILES string of the molecule is CC(=O)N(C)c1cc(C)c(CCS(=O)(=O)N2CCC3(CC2)N=C(C2CCC(CCC(F)(F)F)CC2)NC3=O)c(C)c1. The average molecular weight is 599 g/mol. The van der Waals surface area contributed by atoms with Gasteiger partial charge in [-0.05, 0) is 100.0 Å². The fourth-order valence-corrected chi connectivity index (χ4v) is 7.86. The fourth-order valence-electron chi connectivity index (χ4n) is 6.40. The third-order valence-corrected chi connectivity index (χ3v) is 11.0. The minimum Gasteiger partial charge on any atom is -0.316 e. The molecule has 1 aromatic carbocycles. The van der Waals surface area contributed by atoms with Gasteiger partial charge in [-0.3, -0.25) is 14.6 Å². The van der Waals surface area contributed by atoms with Gasteiger partial charge in [0.25, 0.3) is 5.91 Å². The zero-order valence-corrected chi connectivity index (χ0v) is 25.1. The summed E-state index contributed by atoms with van der Waals surface area (Å²) in [4.78, 5) is 31.1. The normalized spacial score (nSPS) is 23.4. The van der Waals surface area contributed by atoms with Crippen LogP contribution in [0.2, 0.25) is 0 Å². The second-order valence-electron chi connectivity index (χ2n) is 12.0. The van der Waals surface area contributed by atoms with Gasteiger partial charge in [-0.25, -0.2) is 12.7 Å². The molecular weight excluding hydrogens is 557 g/mol. The van der Waals surface area contributed by atoms with E-state index in [-0.39, 0.29) is 48.9 Å². The van der Waals surface area contributed by atoms with E-state index in [2.05, 4.69) is 5.32 Å². The molecule has 41 heavy (non-hydrogen) atoms. The molecule has 228 valence electrons. The number of aryl methyl sites for hydroxylation is 2. The molecule has 0 atom stereocenters. The van der Waals surface area contributed by atoms with Crippen LogP contribution < -0.4 is 10.2 Å². The van der Waals surface area contributed by atoms with E-state index in [1.165, 1.54) is 11.2 Å². The van der Waals surface area contributed by atoms with Crippen molar-refractivity contribution in [2.24, 2.45) is 16.8 Å². The van der Waals surface area contributed by atoms with Gasteiger partial charge < -0.3 is 10.2 Å². The number of amides is 2. The lowest BCUT2D eigenvalue weighted by Gasteiger charge is -2.35. The highest BCUT2D eigenvalue weighted by Gasteiger charge is 2.48. The molecule has 0 unspecified atom stereocenters. The fraction of sp³-hybridized carbons (Fsp3) is 0.690. The summed E-state index contributed by atoms with van der Waals surface area (Å²) in [5, 5.41) is 2.93. The number of piperidine rings is 1. The number of amidine groups is 1. The van der Waals surface area contributed by atoms with Crippen LogP contribution in [0.15, 0.2) is 17.1 Å². The van der Waals surface area contributed by atoms with Crippen molar-refractivity contribution >= 4 is 33.4 Å². The molecule has 1 N–H and O–H groups in total. The second-order valence-corrected chi connectivity index (χ2v) is 14.0. The van der Waals surface area contributed by atoms with Gasteiger partial charge in [0.2, 0.25) is 15.9 Å². The van der Waals surface area contributed by atoms with Crippen molar-refractivity contribution in [2.75, 3.05) is 30.8 Å². The summed E-state index contributed by atoms with van der Waals surface area (Å²) in [5.74, 6) is 0.343. The van der Waals surface area contributed by atoms with Crippen LogP contribution in [0.25, 0.3) is 0 Å². The summed E-state index contributed by atoms with van der Waals surface area (Å²) >= 11 is 0. The number of alkyl halides is 3. The number of benzene rings is 1. The number of nitrogens with zero attached hydrogens (tertiary/aromatic N) is 3. The largest absolute Gasteiger partial charge is 0.389 e. The molecule has 4 rings (SSSR count). The van der Waals surface area contributed by atoms with Gasteiger partial charge >= 0.3 is 6.18 Å². The first kappa shape index (κ1) is 31.5. The summed E-state index contributed by atoms with van der Waals surface area (Å²) < 4.78 is 65.7. The Balaban J connectivity index is 1.33. The molecule has 12 heteroatoms. The summed E-state index contributed by atoms with van der Waals surface area (Å²) in [5.41, 5.74) is 2.60. The Hall–Kier alpha value is -2.47. The molecule has 0 radical (unpaired) electrons. The number of rotatable bonds is 8. The van der Waals surface area contributed by atoms with E-state index in [9.17, 15) is 31.2 Å². The Morgan fingerprint density at radius 3 is 2.24 bits per heavy atom. The van der Waals surface area contributed by atoms with Gasteiger partial charge in [0, 0.05) is 45.1 Å². The Morgan fingerprint density at radius 1 is 1.12 bits per heavy atom. The van der Waals surface area contributed by atoms with Crippen LogP contribution >= 0.6 is 0 Å². The minimum atomic E-state index is -4.13. The van der Waals surface area contributed by atoms with Crippen LogP contribution in [-0.2, 0) is 26.0 Å². The van der Waals surface area contributed by atoms with Gasteiger partial charge in [0.15, 0.2) is 0 Å². The number of anilines is 1. The number of halogens is 3. The summed E-state index contributed by atoms with van der Waals surface area (Å²) in [6.07, 6.45) is -1.04. The molecule has 2 heterocycles. The van der Waals surface area contributed by atoms with E-state index in [0.717, 1.165) is 22.4 Å². The molecule has 2 aliphatic heterocycles. The number of carbonyl (C=O) groups is 2. The number of hydrogen-bond acceptors (Lipinski definition) is 5. The quantitative estimate of drug-likeness (QED) is 0.470. The highest BCUT2D eigenvalue weighted by atomic mass is 32.2. The van der Waals surface area contributed by atoms with E-state index in [0.29, 0.717) is 50.8 Å². The first-order valence-corrected chi connectivity index (χ1v) is 16.0. The lowest BCUT2D eigenvalue weighted by Crippen LogP contribution is -2.51. The van der Waals surface area contributed by atoms with Crippen molar-refractivity contribution in [2.45, 2.75) is 90.3 Å². The predicted molar refractivity (Wildman–Crippen MR) is 152 cm³/mol. The van der Waals surface area contributed by atoms with Crippen LogP contribution in [0.3, 0.4) is 0 Å². The smallest absolute Gasteiger partial charge is 0.316 e. The topological polar surface area (TPSA) is 99.2 Å². The molecule has 8 nitrogen and oxygen atoms in total. The average Bonchev–Trinajstić information content (AvgIpc) is 3.21. The van der Waals surface area contributed by atoms with Crippen LogP contribution in [0.4, 0.5) is 18.9 Å². The van der Waals surface area contributed by atoms with Gasteiger partial charge in [-0.2, -0.15) is 13.2 Å². The Morgan fingerprint density at radius 2 is 1.71 bits per heavy atom. The summed E-state index contributed by atoms with van der Waals surface area (Å²) in [6, 6.07) is 3.79. The lowest BCUT2D eigenvalue weighted by molar-refractivity contribution is -0.138. The summed E-state index contributed by atoms with van der Waals surface area (Å²) in [6.45, 7) is 5.74. The maximum atomic E-state index is 13.3. The van der Waals surface area contributed by atoms with Crippen molar-refractivity contribution in [3.05, 3.63) is 28.8 Å². The molecule has 0 bridgehead atoms. The van der Waals surface area contributed by atoms with Crippen molar-refractivity contribution in [1.29, 1.82) is 0 Å². The standard InChI is InChI=1S/C29H41F3N4O4S/c1-19-17-24(35(4)21(3)37)18-20(2)25(19)10-16-41(39,40)36-14-12-28(13-15-36)27(38)33-26(34-28)23-7-5-22(6-8-23)9-11-29(30,31)32/h17-18,22-23H,5-16H2,1-4H3,(H,33,34,38). The minimum absolute atomic E-state index is 0.0234. The third kappa shape index (κ3) is 7.31. The number of hydrogen-bond donors (Lipinski definition) is 1. The van der Waals surface area contributed by atoms with Gasteiger partial charge in [0.1, 0.15) is 11.4 Å². The molecule has 0 aromatic heterocycles. The van der Waals surface area contributed by atoms with Crippen molar-refractivity contribution in [1.82, 2.24) is 9.62 Å².